The van der Waals surface area contributed by atoms with Gasteiger partial charge < -0.3 is 9.47 Å². The lowest BCUT2D eigenvalue weighted by atomic mass is 9.98. The topological polar surface area (TPSA) is 35.5 Å². The van der Waals surface area contributed by atoms with Crippen molar-refractivity contribution in [1.29, 1.82) is 0 Å². The molecule has 0 aliphatic rings. The number of halogens is 1. The fraction of sp³-hybridized carbons (Fsp3) is 0.188. The molecule has 0 bridgehead atoms. The Morgan fingerprint density at radius 1 is 1.05 bits per heavy atom. The van der Waals surface area contributed by atoms with E-state index in [2.05, 4.69) is 15.9 Å². The molecular formula is C16H15BrO3. The van der Waals surface area contributed by atoms with Gasteiger partial charge in [0, 0.05) is 11.1 Å². The van der Waals surface area contributed by atoms with Crippen molar-refractivity contribution in [3.8, 4) is 22.6 Å². The van der Waals surface area contributed by atoms with E-state index in [9.17, 15) is 4.79 Å². The number of hydrogen-bond donors (Lipinski definition) is 0. The van der Waals surface area contributed by atoms with Crippen LogP contribution in [0.15, 0.2) is 34.8 Å². The zero-order valence-electron chi connectivity index (χ0n) is 11.6. The Labute approximate surface area is 126 Å². The van der Waals surface area contributed by atoms with Crippen LogP contribution in [0.3, 0.4) is 0 Å². The van der Waals surface area contributed by atoms with Crippen molar-refractivity contribution in [1.82, 2.24) is 0 Å². The van der Waals surface area contributed by atoms with Gasteiger partial charge in [0.25, 0.3) is 0 Å². The summed E-state index contributed by atoms with van der Waals surface area (Å²) < 4.78 is 11.5. The highest BCUT2D eigenvalue weighted by Crippen LogP contribution is 2.42. The number of hydrogen-bond acceptors (Lipinski definition) is 3. The molecule has 0 amide bonds. The second-order valence-electron chi connectivity index (χ2n) is 4.35. The third-order valence-electron chi connectivity index (χ3n) is 3.16. The number of ether oxygens (including phenoxy) is 2. The minimum absolute atomic E-state index is 0.665. The maximum absolute atomic E-state index is 10.8. The summed E-state index contributed by atoms with van der Waals surface area (Å²) in [7, 11) is 3.24. The summed E-state index contributed by atoms with van der Waals surface area (Å²) in [5.41, 5.74) is 3.66. The van der Waals surface area contributed by atoms with Gasteiger partial charge in [-0.2, -0.15) is 0 Å². The fourth-order valence-electron chi connectivity index (χ4n) is 2.17. The van der Waals surface area contributed by atoms with Gasteiger partial charge in [0.15, 0.2) is 0 Å². The van der Waals surface area contributed by atoms with Crippen molar-refractivity contribution in [3.63, 3.8) is 0 Å². The Morgan fingerprint density at radius 3 is 2.30 bits per heavy atom. The minimum atomic E-state index is 0.665. The molecule has 0 unspecified atom stereocenters. The highest BCUT2D eigenvalue weighted by molar-refractivity contribution is 9.10. The van der Waals surface area contributed by atoms with Crippen LogP contribution in [0, 0.1) is 6.92 Å². The van der Waals surface area contributed by atoms with Gasteiger partial charge in [-0.3, -0.25) is 4.79 Å². The van der Waals surface area contributed by atoms with E-state index in [1.807, 2.05) is 31.2 Å². The molecule has 0 fully saturated rings. The van der Waals surface area contributed by atoms with E-state index in [-0.39, 0.29) is 0 Å². The van der Waals surface area contributed by atoms with Crippen molar-refractivity contribution in [2.24, 2.45) is 0 Å². The van der Waals surface area contributed by atoms with E-state index in [0.29, 0.717) is 17.1 Å². The third kappa shape index (κ3) is 2.56. The van der Waals surface area contributed by atoms with E-state index in [0.717, 1.165) is 27.4 Å². The summed E-state index contributed by atoms with van der Waals surface area (Å²) in [6.07, 6.45) is 0.845. The molecular weight excluding hydrogens is 320 g/mol. The molecule has 0 spiro atoms. The van der Waals surface area contributed by atoms with E-state index in [1.54, 1.807) is 20.3 Å². The SMILES string of the molecule is COc1ccc(-c2ccc(C=O)cc2C)c(OC)c1Br. The standard InChI is InChI=1S/C16H15BrO3/c1-10-8-11(9-18)4-5-12(10)13-6-7-14(19-2)15(17)16(13)20-3/h4-9H,1-3H3. The molecule has 0 N–H and O–H groups in total. The predicted octanol–water partition coefficient (Wildman–Crippen LogP) is 4.25. The van der Waals surface area contributed by atoms with Gasteiger partial charge in [-0.1, -0.05) is 12.1 Å². The molecule has 3 nitrogen and oxygen atoms in total. The maximum Gasteiger partial charge on any atom is 0.150 e. The van der Waals surface area contributed by atoms with Crippen molar-refractivity contribution >= 4 is 22.2 Å². The third-order valence-corrected chi connectivity index (χ3v) is 3.91. The minimum Gasteiger partial charge on any atom is -0.495 e. The van der Waals surface area contributed by atoms with E-state index in [1.165, 1.54) is 0 Å². The highest BCUT2D eigenvalue weighted by atomic mass is 79.9. The van der Waals surface area contributed by atoms with Crippen molar-refractivity contribution in [3.05, 3.63) is 45.9 Å². The van der Waals surface area contributed by atoms with Gasteiger partial charge in [-0.15, -0.1) is 0 Å². The molecule has 20 heavy (non-hydrogen) atoms. The van der Waals surface area contributed by atoms with Crippen LogP contribution in [0.5, 0.6) is 11.5 Å². The van der Waals surface area contributed by atoms with Crippen molar-refractivity contribution in [2.45, 2.75) is 6.92 Å². The first kappa shape index (κ1) is 14.6. The first-order chi connectivity index (χ1) is 9.62. The molecule has 0 aliphatic heterocycles. The Hall–Kier alpha value is -1.81. The number of aryl methyl sites for hydroxylation is 1. The van der Waals surface area contributed by atoms with Crippen LogP contribution in [-0.2, 0) is 0 Å². The van der Waals surface area contributed by atoms with Crippen LogP contribution in [0.2, 0.25) is 0 Å². The molecule has 2 aromatic rings. The van der Waals surface area contributed by atoms with Crippen LogP contribution in [0.1, 0.15) is 15.9 Å². The Bertz CT molecular complexity index is 650. The molecule has 0 saturated carbocycles. The average molecular weight is 335 g/mol. The van der Waals surface area contributed by atoms with Crippen LogP contribution in [0.25, 0.3) is 11.1 Å². The molecule has 0 aromatic heterocycles. The number of carbonyl (C=O) groups excluding carboxylic acids is 1. The molecule has 0 heterocycles. The van der Waals surface area contributed by atoms with Crippen molar-refractivity contribution in [2.75, 3.05) is 14.2 Å². The van der Waals surface area contributed by atoms with Crippen molar-refractivity contribution < 1.29 is 14.3 Å². The van der Waals surface area contributed by atoms with Crippen LogP contribution in [-0.4, -0.2) is 20.5 Å². The number of benzene rings is 2. The van der Waals surface area contributed by atoms with Gasteiger partial charge in [-0.05, 0) is 52.2 Å². The van der Waals surface area contributed by atoms with Gasteiger partial charge in [0.2, 0.25) is 0 Å². The summed E-state index contributed by atoms with van der Waals surface area (Å²) >= 11 is 3.50. The highest BCUT2D eigenvalue weighted by Gasteiger charge is 2.15. The summed E-state index contributed by atoms with van der Waals surface area (Å²) in [5.74, 6) is 1.43. The fourth-order valence-corrected chi connectivity index (χ4v) is 2.84. The lowest BCUT2D eigenvalue weighted by Crippen LogP contribution is -1.94. The molecule has 104 valence electrons. The predicted molar refractivity (Wildman–Crippen MR) is 82.8 cm³/mol. The zero-order chi connectivity index (χ0) is 14.7. The zero-order valence-corrected chi connectivity index (χ0v) is 13.2. The lowest BCUT2D eigenvalue weighted by Gasteiger charge is -2.15. The Morgan fingerprint density at radius 2 is 1.75 bits per heavy atom. The van der Waals surface area contributed by atoms with Gasteiger partial charge in [-0.25, -0.2) is 0 Å². The van der Waals surface area contributed by atoms with Crippen LogP contribution >= 0.6 is 15.9 Å². The average Bonchev–Trinajstić information content (AvgIpc) is 2.46. The molecule has 0 atom stereocenters. The molecule has 4 heteroatoms. The number of aldehydes is 1. The monoisotopic (exact) mass is 334 g/mol. The molecule has 2 aromatic carbocycles. The smallest absolute Gasteiger partial charge is 0.150 e. The van der Waals surface area contributed by atoms with Crippen LogP contribution < -0.4 is 9.47 Å². The number of rotatable bonds is 4. The normalized spacial score (nSPS) is 10.2. The van der Waals surface area contributed by atoms with Gasteiger partial charge >= 0.3 is 0 Å². The Balaban J connectivity index is 2.63. The first-order valence-electron chi connectivity index (χ1n) is 6.09. The summed E-state index contributed by atoms with van der Waals surface area (Å²) in [4.78, 5) is 10.8. The summed E-state index contributed by atoms with van der Waals surface area (Å²) in [6.45, 7) is 1.97. The largest absolute Gasteiger partial charge is 0.495 e. The Kier molecular flexibility index (Phi) is 4.45. The molecule has 0 saturated heterocycles. The first-order valence-corrected chi connectivity index (χ1v) is 6.88. The van der Waals surface area contributed by atoms with E-state index < -0.39 is 0 Å². The second kappa shape index (κ2) is 6.09. The number of methoxy groups -OCH3 is 2. The van der Waals surface area contributed by atoms with Gasteiger partial charge in [0.05, 0.1) is 14.2 Å². The van der Waals surface area contributed by atoms with Gasteiger partial charge in [0.1, 0.15) is 22.3 Å². The summed E-state index contributed by atoms with van der Waals surface area (Å²) in [6, 6.07) is 9.42. The lowest BCUT2D eigenvalue weighted by molar-refractivity contribution is 0.112. The maximum atomic E-state index is 10.8. The quantitative estimate of drug-likeness (QED) is 0.784. The van der Waals surface area contributed by atoms with E-state index >= 15 is 0 Å². The summed E-state index contributed by atoms with van der Waals surface area (Å²) in [5, 5.41) is 0. The number of carbonyl (C=O) groups is 1. The van der Waals surface area contributed by atoms with E-state index in [4.69, 9.17) is 9.47 Å². The molecule has 0 aliphatic carbocycles. The van der Waals surface area contributed by atoms with Crippen LogP contribution in [0.4, 0.5) is 0 Å². The molecule has 2 rings (SSSR count). The molecule has 0 radical (unpaired) electrons. The second-order valence-corrected chi connectivity index (χ2v) is 5.15.